The number of carboxylic acid groups (broad SMARTS) is 4. The van der Waals surface area contributed by atoms with E-state index >= 15 is 0 Å². The van der Waals surface area contributed by atoms with Crippen LogP contribution in [-0.4, -0.2) is 89.4 Å². The molecule has 4 N–H and O–H groups in total. The van der Waals surface area contributed by atoms with Gasteiger partial charge in [-0.2, -0.15) is 0 Å². The fraction of sp³-hybridized carbons (Fsp3) is 0.400. The topological polar surface area (TPSA) is 156 Å². The summed E-state index contributed by atoms with van der Waals surface area (Å²) in [4.78, 5) is 44.7. The van der Waals surface area contributed by atoms with Crippen molar-refractivity contribution >= 4 is 33.0 Å². The molecule has 0 spiro atoms. The van der Waals surface area contributed by atoms with E-state index in [1.54, 1.807) is 0 Å². The second kappa shape index (κ2) is 9.57. The van der Waals surface area contributed by atoms with Gasteiger partial charge >= 0.3 is 140 Å². The molecule has 0 aliphatic heterocycles. The zero-order valence-electron chi connectivity index (χ0n) is 10.9. The number of nitrogens with zero attached hydrogens (tertiary/aromatic N) is 2. The van der Waals surface area contributed by atoms with E-state index in [2.05, 4.69) is 31.2 Å². The number of rotatable bonds is 11. The minimum absolute atomic E-state index is 0.0997. The van der Waals surface area contributed by atoms with E-state index < -0.39 is 48.1 Å². The molecule has 0 bridgehead atoms. The molecule has 0 rings (SSSR count). The van der Waals surface area contributed by atoms with Crippen LogP contribution in [0.5, 0.6) is 0 Å². The van der Waals surface area contributed by atoms with Gasteiger partial charge in [0.15, 0.2) is 0 Å². The van der Waals surface area contributed by atoms with Crippen molar-refractivity contribution in [3.8, 4) is 0 Å². The van der Waals surface area contributed by atoms with Gasteiger partial charge in [0.2, 0.25) is 0 Å². The van der Waals surface area contributed by atoms with Crippen LogP contribution >= 0.6 is 0 Å². The Morgan fingerprint density at radius 3 is 1.45 bits per heavy atom. The Morgan fingerprint density at radius 1 is 0.727 bits per heavy atom. The van der Waals surface area contributed by atoms with Crippen LogP contribution in [0.1, 0.15) is 0 Å². The molecule has 0 saturated heterocycles. The molecule has 10 nitrogen and oxygen atoms in total. The van der Waals surface area contributed by atoms with E-state index in [9.17, 15) is 19.2 Å². The zero-order chi connectivity index (χ0) is 17.4. The van der Waals surface area contributed by atoms with Gasteiger partial charge in [0.05, 0.1) is 0 Å². The van der Waals surface area contributed by atoms with Crippen molar-refractivity contribution in [2.24, 2.45) is 0 Å². The Morgan fingerprint density at radius 2 is 1.14 bits per heavy atom. The van der Waals surface area contributed by atoms with Crippen LogP contribution in [0.3, 0.4) is 0 Å². The van der Waals surface area contributed by atoms with E-state index in [0.29, 0.717) is 0 Å². The number of aliphatic carboxylic acids is 4. The third-order valence-electron chi connectivity index (χ3n) is 2.05. The normalized spacial score (nSPS) is 10.5. The minimum atomic E-state index is -1.48. The first-order valence-corrected chi connectivity index (χ1v) is 6.54. The predicted molar refractivity (Wildman–Crippen MR) is 63.7 cm³/mol. The molecule has 0 unspecified atom stereocenters. The molecule has 126 valence electrons. The Labute approximate surface area is 140 Å². The number of carbonyl (C=O) groups is 4. The van der Waals surface area contributed by atoms with Crippen molar-refractivity contribution in [1.82, 2.24) is 9.80 Å². The average Bonchev–Trinajstić information content (AvgIpc) is 2.32. The van der Waals surface area contributed by atoms with E-state index in [0.717, 1.165) is 9.80 Å². The molecular weight excluding hydrogens is 388 g/mol. The van der Waals surface area contributed by atoms with Gasteiger partial charge in [0.25, 0.3) is 0 Å². The zero-order valence-corrected chi connectivity index (χ0v) is 13.1. The number of carboxylic acids is 4. The van der Waals surface area contributed by atoms with Crippen molar-refractivity contribution in [2.45, 2.75) is 0 Å². The van der Waals surface area contributed by atoms with Crippen LogP contribution < -0.4 is 0 Å². The van der Waals surface area contributed by atoms with Gasteiger partial charge < -0.3 is 0 Å². The van der Waals surface area contributed by atoms with Gasteiger partial charge in [-0.3, -0.25) is 0 Å². The van der Waals surface area contributed by atoms with Crippen molar-refractivity contribution in [2.75, 3.05) is 26.2 Å². The molecule has 22 heavy (non-hydrogen) atoms. The first-order chi connectivity index (χ1) is 10.0. The van der Waals surface area contributed by atoms with E-state index in [4.69, 9.17) is 20.4 Å². The van der Waals surface area contributed by atoms with Crippen molar-refractivity contribution in [1.29, 1.82) is 0 Å². The maximum absolute atomic E-state index is 10.9. The molecule has 0 heterocycles. The molecule has 0 radical (unpaired) electrons. The van der Waals surface area contributed by atoms with Crippen LogP contribution in [0, 0.1) is 0 Å². The SMILES string of the molecule is O=C(O)CN(CC(=O)O)C[C](=[Fe])N(CC(=O)O)[C](=[Fe])C(=O)O. The van der Waals surface area contributed by atoms with Gasteiger partial charge in [0, 0.05) is 0 Å². The van der Waals surface area contributed by atoms with Crippen molar-refractivity contribution < 1.29 is 70.8 Å². The predicted octanol–water partition coefficient (Wildman–Crippen LogP) is -2.72. The molecule has 12 heteroatoms. The average molecular weight is 400 g/mol. The Hall–Kier alpha value is -1.42. The second-order valence-corrected chi connectivity index (χ2v) is 5.02. The summed E-state index contributed by atoms with van der Waals surface area (Å²) in [6, 6.07) is 0. The van der Waals surface area contributed by atoms with Gasteiger partial charge in [-0.25, -0.2) is 0 Å². The Bertz CT molecular complexity index is 505. The van der Waals surface area contributed by atoms with Crippen molar-refractivity contribution in [3.05, 3.63) is 0 Å². The summed E-state index contributed by atoms with van der Waals surface area (Å²) >= 11 is 6.69. The summed E-state index contributed by atoms with van der Waals surface area (Å²) in [5, 5.41) is 35.0. The molecular formula is C10H12Fe2N2O8. The van der Waals surface area contributed by atoms with E-state index in [1.165, 1.54) is 0 Å². The molecule has 0 aromatic heterocycles. The van der Waals surface area contributed by atoms with Gasteiger partial charge in [-0.15, -0.1) is 0 Å². The van der Waals surface area contributed by atoms with Gasteiger partial charge in [-0.1, -0.05) is 0 Å². The van der Waals surface area contributed by atoms with Crippen molar-refractivity contribution in [3.63, 3.8) is 0 Å². The van der Waals surface area contributed by atoms with Crippen LogP contribution in [0.15, 0.2) is 0 Å². The molecule has 0 aromatic rings. The van der Waals surface area contributed by atoms with Crippen LogP contribution in [-0.2, 0) is 50.3 Å². The quantitative estimate of drug-likeness (QED) is 0.269. The summed E-state index contributed by atoms with van der Waals surface area (Å²) in [7, 11) is 0. The molecule has 0 atom stereocenters. The summed E-state index contributed by atoms with van der Waals surface area (Å²) in [5.41, 5.74) is 0. The molecule has 0 saturated carbocycles. The second-order valence-electron chi connectivity index (χ2n) is 3.86. The maximum atomic E-state index is 10.9. The Kier molecular flexibility index (Phi) is 8.95. The molecule has 0 aliphatic carbocycles. The van der Waals surface area contributed by atoms with E-state index in [-0.39, 0.29) is 11.1 Å². The third-order valence-corrected chi connectivity index (χ3v) is 3.06. The standard InChI is InChI=1S/C10H12N2O8.2Fe/c13-7(14)3-11(4-8(15)16)1-2-12(5-9(17)18)6-10(19)20;;/h1,3-5H2,(H,13,14)(H,15,16)(H,17,18)(H,19,20);;. The molecule has 0 aliphatic rings. The van der Waals surface area contributed by atoms with Gasteiger partial charge in [0.1, 0.15) is 0 Å². The number of hydrogen-bond acceptors (Lipinski definition) is 6. The molecule has 0 fully saturated rings. The summed E-state index contributed by atoms with van der Waals surface area (Å²) in [6.45, 7) is -2.37. The first kappa shape index (κ1) is 20.6. The summed E-state index contributed by atoms with van der Waals surface area (Å²) < 4.78 is -0.671. The molecule has 0 aromatic carbocycles. The monoisotopic (exact) mass is 400 g/mol. The fourth-order valence-corrected chi connectivity index (χ4v) is 2.11. The van der Waals surface area contributed by atoms with E-state index in [1.807, 2.05) is 0 Å². The van der Waals surface area contributed by atoms with Crippen LogP contribution in [0.4, 0.5) is 0 Å². The summed E-state index contributed by atoms with van der Waals surface area (Å²) in [6.07, 6.45) is 0. The first-order valence-electron chi connectivity index (χ1n) is 5.44. The number of hydrogen-bond donors (Lipinski definition) is 4. The Balaban J connectivity index is 5.13. The van der Waals surface area contributed by atoms with Crippen LogP contribution in [0.2, 0.25) is 0 Å². The van der Waals surface area contributed by atoms with Gasteiger partial charge in [-0.05, 0) is 0 Å². The third kappa shape index (κ3) is 8.13. The molecule has 0 amide bonds. The fourth-order valence-electron chi connectivity index (χ4n) is 1.32. The summed E-state index contributed by atoms with van der Waals surface area (Å²) in [5.74, 6) is -5.43. The van der Waals surface area contributed by atoms with Crippen LogP contribution in [0.25, 0.3) is 0 Å².